The topological polar surface area (TPSA) is 109 Å². The van der Waals surface area contributed by atoms with Gasteiger partial charge in [0.15, 0.2) is 0 Å². The Balaban J connectivity index is 1.61. The smallest absolute Gasteiger partial charge is 0.313 e. The van der Waals surface area contributed by atoms with E-state index in [-0.39, 0.29) is 30.8 Å². The number of aliphatic hydroxyl groups excluding tert-OH is 3. The second-order valence-electron chi connectivity index (χ2n) is 8.98. The Labute approximate surface area is 157 Å². The summed E-state index contributed by atoms with van der Waals surface area (Å²) in [4.78, 5) is 13.3. The van der Waals surface area contributed by atoms with E-state index in [9.17, 15) is 20.1 Å². The molecule has 7 nitrogen and oxygen atoms in total. The van der Waals surface area contributed by atoms with Crippen LogP contribution in [0.25, 0.3) is 0 Å². The summed E-state index contributed by atoms with van der Waals surface area (Å²) in [6.45, 7) is 2.00. The third kappa shape index (κ3) is 1.93. The van der Waals surface area contributed by atoms with Crippen LogP contribution in [0.1, 0.15) is 44.3 Å². The maximum atomic E-state index is 13.3. The molecule has 3 N–H and O–H groups in total. The van der Waals surface area contributed by atoms with Crippen molar-refractivity contribution in [2.24, 2.45) is 22.7 Å². The fourth-order valence-corrected chi connectivity index (χ4v) is 6.72. The van der Waals surface area contributed by atoms with Crippen molar-refractivity contribution in [1.82, 2.24) is 0 Å². The first-order chi connectivity index (χ1) is 12.9. The number of carbonyl (C=O) groups excluding carboxylic acids is 1. The van der Waals surface area contributed by atoms with Crippen LogP contribution in [0, 0.1) is 22.7 Å². The third-order valence-corrected chi connectivity index (χ3v) is 8.13. The molecule has 0 bridgehead atoms. The van der Waals surface area contributed by atoms with Crippen LogP contribution < -0.4 is 0 Å². The van der Waals surface area contributed by atoms with E-state index >= 15 is 0 Å². The monoisotopic (exact) mass is 378 g/mol. The molecule has 0 aromatic carbocycles. The van der Waals surface area contributed by atoms with Crippen molar-refractivity contribution in [3.63, 3.8) is 0 Å². The summed E-state index contributed by atoms with van der Waals surface area (Å²) in [5, 5.41) is 31.8. The van der Waals surface area contributed by atoms with Crippen LogP contribution in [-0.4, -0.2) is 52.3 Å². The van der Waals surface area contributed by atoms with Gasteiger partial charge in [0.05, 0.1) is 48.8 Å². The molecule has 8 atom stereocenters. The molecule has 4 aliphatic rings. The van der Waals surface area contributed by atoms with Crippen LogP contribution >= 0.6 is 0 Å². The lowest BCUT2D eigenvalue weighted by Crippen LogP contribution is -2.80. The quantitative estimate of drug-likeness (QED) is 0.663. The second-order valence-corrected chi connectivity index (χ2v) is 8.98. The minimum atomic E-state index is -0.990. The van der Waals surface area contributed by atoms with Gasteiger partial charge in [0.2, 0.25) is 0 Å². The Hall–Kier alpha value is -1.41. The normalized spacial score (nSPS) is 51.4. The van der Waals surface area contributed by atoms with E-state index in [4.69, 9.17) is 13.9 Å². The van der Waals surface area contributed by atoms with Crippen molar-refractivity contribution in [3.05, 3.63) is 24.2 Å². The summed E-state index contributed by atoms with van der Waals surface area (Å²) in [6.07, 6.45) is 3.00. The number of hydrogen-bond donors (Lipinski definition) is 3. The summed E-state index contributed by atoms with van der Waals surface area (Å²) in [6, 6.07) is 1.80. The van der Waals surface area contributed by atoms with Crippen LogP contribution in [0.15, 0.2) is 23.0 Å². The summed E-state index contributed by atoms with van der Waals surface area (Å²) >= 11 is 0. The highest BCUT2D eigenvalue weighted by Gasteiger charge is 2.78. The van der Waals surface area contributed by atoms with E-state index in [1.54, 1.807) is 18.6 Å². The van der Waals surface area contributed by atoms with Crippen molar-refractivity contribution >= 4 is 5.97 Å². The fourth-order valence-electron chi connectivity index (χ4n) is 6.72. The van der Waals surface area contributed by atoms with Crippen LogP contribution in [0.3, 0.4) is 0 Å². The first-order valence-corrected chi connectivity index (χ1v) is 9.74. The molecule has 0 amide bonds. The molecule has 27 heavy (non-hydrogen) atoms. The molecule has 7 heteroatoms. The minimum absolute atomic E-state index is 0.102. The summed E-state index contributed by atoms with van der Waals surface area (Å²) in [5.74, 6) is -0.682. The van der Waals surface area contributed by atoms with Crippen molar-refractivity contribution < 1.29 is 34.0 Å². The van der Waals surface area contributed by atoms with Gasteiger partial charge < -0.3 is 29.2 Å². The standard InChI is InChI=1S/C20H26O7/c1-11-4-16(23)20-10-26-18(20,9-21)6-13(22)5-15(20)19(11)7-14(27-17(19)24)12-2-3-25-8-12/h2-3,8,11,13-16,21-23H,4-7,9-10H2,1H3/t11-,13-,14-,15+,16+,18-,19-,20-/m0/s1. The molecule has 148 valence electrons. The zero-order valence-electron chi connectivity index (χ0n) is 15.3. The lowest BCUT2D eigenvalue weighted by Gasteiger charge is -2.71. The van der Waals surface area contributed by atoms with Gasteiger partial charge in [-0.3, -0.25) is 4.79 Å². The number of ether oxygens (including phenoxy) is 2. The van der Waals surface area contributed by atoms with Gasteiger partial charge in [-0.2, -0.15) is 0 Å². The fraction of sp³-hybridized carbons (Fsp3) is 0.750. The summed E-state index contributed by atoms with van der Waals surface area (Å²) in [5.41, 5.74) is -1.71. The van der Waals surface area contributed by atoms with Crippen LogP contribution in [0.2, 0.25) is 0 Å². The van der Waals surface area contributed by atoms with Gasteiger partial charge in [-0.05, 0) is 30.7 Å². The highest BCUT2D eigenvalue weighted by atomic mass is 16.6. The van der Waals surface area contributed by atoms with E-state index in [2.05, 4.69) is 0 Å². The number of cyclic esters (lactones) is 1. The van der Waals surface area contributed by atoms with E-state index in [1.165, 1.54) is 0 Å². The summed E-state index contributed by atoms with van der Waals surface area (Å²) in [7, 11) is 0. The number of esters is 1. The molecule has 1 aromatic rings. The van der Waals surface area contributed by atoms with E-state index in [0.717, 1.165) is 5.56 Å². The average Bonchev–Trinajstić information content (AvgIpc) is 3.24. The Bertz CT molecular complexity index is 744. The van der Waals surface area contributed by atoms with Gasteiger partial charge >= 0.3 is 5.97 Å². The zero-order chi connectivity index (χ0) is 19.0. The molecule has 2 saturated carbocycles. The molecule has 0 radical (unpaired) electrons. The lowest BCUT2D eigenvalue weighted by atomic mass is 9.39. The molecule has 1 aromatic heterocycles. The van der Waals surface area contributed by atoms with Crippen LogP contribution in [-0.2, 0) is 14.3 Å². The first-order valence-electron chi connectivity index (χ1n) is 9.74. The number of fused-ring (bicyclic) bond motifs is 1. The Morgan fingerprint density at radius 1 is 1.26 bits per heavy atom. The molecular weight excluding hydrogens is 352 g/mol. The number of hydrogen-bond acceptors (Lipinski definition) is 7. The first kappa shape index (κ1) is 17.7. The van der Waals surface area contributed by atoms with E-state index in [1.807, 2.05) is 6.92 Å². The summed E-state index contributed by atoms with van der Waals surface area (Å²) < 4.78 is 16.8. The van der Waals surface area contributed by atoms with Gasteiger partial charge in [-0.1, -0.05) is 6.92 Å². The largest absolute Gasteiger partial charge is 0.472 e. The maximum absolute atomic E-state index is 13.3. The lowest BCUT2D eigenvalue weighted by molar-refractivity contribution is -0.382. The molecule has 2 aliphatic heterocycles. The predicted molar refractivity (Wildman–Crippen MR) is 91.3 cm³/mol. The molecule has 4 fully saturated rings. The minimum Gasteiger partial charge on any atom is -0.472 e. The van der Waals surface area contributed by atoms with E-state index < -0.39 is 34.7 Å². The molecule has 2 spiro atoms. The van der Waals surface area contributed by atoms with Gasteiger partial charge in [-0.15, -0.1) is 0 Å². The Morgan fingerprint density at radius 3 is 2.70 bits per heavy atom. The number of aliphatic hydroxyl groups is 3. The van der Waals surface area contributed by atoms with Gasteiger partial charge in [-0.25, -0.2) is 0 Å². The third-order valence-electron chi connectivity index (χ3n) is 8.13. The Kier molecular flexibility index (Phi) is 3.64. The van der Waals surface area contributed by atoms with Gasteiger partial charge in [0.1, 0.15) is 11.7 Å². The maximum Gasteiger partial charge on any atom is 0.313 e. The van der Waals surface area contributed by atoms with Crippen molar-refractivity contribution in [2.75, 3.05) is 13.2 Å². The van der Waals surface area contributed by atoms with Crippen molar-refractivity contribution in [2.45, 2.75) is 56.5 Å². The highest BCUT2D eigenvalue weighted by molar-refractivity contribution is 5.81. The molecule has 0 unspecified atom stereocenters. The number of furan rings is 1. The molecule has 5 rings (SSSR count). The molecular formula is C20H26O7. The highest BCUT2D eigenvalue weighted by Crippen LogP contribution is 2.71. The SMILES string of the molecule is C[C@H]1C[C@@H](O)[C@@]23CO[C@]2(CO)C[C@@H](O)C[C@@H]3[C@]12C[C@@H](c1ccoc1)OC2=O. The number of rotatable bonds is 2. The predicted octanol–water partition coefficient (Wildman–Crippen LogP) is 1.17. The van der Waals surface area contributed by atoms with Gasteiger partial charge in [0, 0.05) is 18.4 Å². The second kappa shape index (κ2) is 5.56. The molecule has 3 heterocycles. The zero-order valence-corrected chi connectivity index (χ0v) is 15.3. The molecule has 2 saturated heterocycles. The van der Waals surface area contributed by atoms with Crippen LogP contribution in [0.4, 0.5) is 0 Å². The van der Waals surface area contributed by atoms with Crippen molar-refractivity contribution in [1.29, 1.82) is 0 Å². The van der Waals surface area contributed by atoms with Crippen molar-refractivity contribution in [3.8, 4) is 0 Å². The molecule has 2 aliphatic carbocycles. The Morgan fingerprint density at radius 2 is 2.07 bits per heavy atom. The van der Waals surface area contributed by atoms with E-state index in [0.29, 0.717) is 25.9 Å². The average molecular weight is 378 g/mol. The number of carbonyl (C=O) groups is 1. The van der Waals surface area contributed by atoms with Crippen LogP contribution in [0.5, 0.6) is 0 Å². The van der Waals surface area contributed by atoms with Gasteiger partial charge in [0.25, 0.3) is 0 Å².